The van der Waals surface area contributed by atoms with Crippen molar-refractivity contribution in [1.29, 1.82) is 0 Å². The zero-order valence-corrected chi connectivity index (χ0v) is 17.9. The summed E-state index contributed by atoms with van der Waals surface area (Å²) >= 11 is 0. The number of carbonyl (C=O) groups excluding carboxylic acids is 2. The van der Waals surface area contributed by atoms with Crippen LogP contribution in [0.3, 0.4) is 0 Å². The quantitative estimate of drug-likeness (QED) is 0.552. The minimum Gasteiger partial charge on any atom is -0.486 e. The van der Waals surface area contributed by atoms with Gasteiger partial charge in [-0.1, -0.05) is 24.3 Å². The first kappa shape index (κ1) is 21.4. The van der Waals surface area contributed by atoms with E-state index in [0.29, 0.717) is 36.0 Å². The topological polar surface area (TPSA) is 111 Å². The number of anilines is 2. The molecule has 8 nitrogen and oxygen atoms in total. The highest BCUT2D eigenvalue weighted by atomic mass is 32.2. The minimum atomic E-state index is -3.97. The lowest BCUT2D eigenvalue weighted by atomic mass is 10.1. The molecule has 0 spiro atoms. The van der Waals surface area contributed by atoms with Gasteiger partial charge >= 0.3 is 0 Å². The van der Waals surface area contributed by atoms with Crippen molar-refractivity contribution in [3.05, 3.63) is 77.9 Å². The molecule has 1 amide bonds. The van der Waals surface area contributed by atoms with Gasteiger partial charge in [0.15, 0.2) is 17.3 Å². The molecule has 0 radical (unpaired) electrons. The van der Waals surface area contributed by atoms with Crippen molar-refractivity contribution in [3.8, 4) is 11.5 Å². The van der Waals surface area contributed by atoms with Gasteiger partial charge in [0.05, 0.1) is 16.1 Å². The number of benzene rings is 3. The van der Waals surface area contributed by atoms with Crippen LogP contribution in [-0.4, -0.2) is 33.3 Å². The fourth-order valence-electron chi connectivity index (χ4n) is 3.16. The number of ether oxygens (including phenoxy) is 2. The van der Waals surface area contributed by atoms with Crippen molar-refractivity contribution >= 4 is 33.1 Å². The Morgan fingerprint density at radius 2 is 1.56 bits per heavy atom. The van der Waals surface area contributed by atoms with E-state index in [4.69, 9.17) is 9.47 Å². The van der Waals surface area contributed by atoms with E-state index in [-0.39, 0.29) is 21.9 Å². The fourth-order valence-corrected chi connectivity index (χ4v) is 4.24. The normalized spacial score (nSPS) is 12.7. The first-order valence-corrected chi connectivity index (χ1v) is 11.3. The second-order valence-corrected chi connectivity index (χ2v) is 8.73. The van der Waals surface area contributed by atoms with E-state index in [9.17, 15) is 18.0 Å². The monoisotopic (exact) mass is 452 g/mol. The number of ketones is 1. The van der Waals surface area contributed by atoms with Crippen molar-refractivity contribution in [2.75, 3.05) is 23.3 Å². The van der Waals surface area contributed by atoms with Gasteiger partial charge in [0, 0.05) is 17.3 Å². The van der Waals surface area contributed by atoms with Crippen LogP contribution < -0.4 is 19.5 Å². The molecule has 0 aliphatic carbocycles. The summed E-state index contributed by atoms with van der Waals surface area (Å²) in [5.41, 5.74) is 1.16. The smallest absolute Gasteiger partial charge is 0.261 e. The van der Waals surface area contributed by atoms with Crippen LogP contribution in [0.5, 0.6) is 11.5 Å². The van der Waals surface area contributed by atoms with Gasteiger partial charge in [0.25, 0.3) is 15.9 Å². The summed E-state index contributed by atoms with van der Waals surface area (Å²) in [6, 6.07) is 16.9. The molecular weight excluding hydrogens is 432 g/mol. The molecule has 0 unspecified atom stereocenters. The summed E-state index contributed by atoms with van der Waals surface area (Å²) < 4.78 is 39.1. The summed E-state index contributed by atoms with van der Waals surface area (Å²) in [5.74, 6) is 0.463. The van der Waals surface area contributed by atoms with Crippen LogP contribution in [0.4, 0.5) is 11.4 Å². The first-order valence-electron chi connectivity index (χ1n) is 9.77. The Labute approximate surface area is 185 Å². The molecular formula is C23H20N2O6S. The van der Waals surface area contributed by atoms with Crippen molar-refractivity contribution in [1.82, 2.24) is 0 Å². The Balaban J connectivity index is 1.56. The second kappa shape index (κ2) is 8.72. The van der Waals surface area contributed by atoms with E-state index in [1.807, 2.05) is 0 Å². The number of Topliss-reactive ketones (excluding diaryl/α,β-unsaturated/α-hetero) is 1. The lowest BCUT2D eigenvalue weighted by Gasteiger charge is -2.19. The summed E-state index contributed by atoms with van der Waals surface area (Å²) in [4.78, 5) is 24.3. The van der Waals surface area contributed by atoms with Crippen LogP contribution in [0.1, 0.15) is 27.6 Å². The molecule has 0 aromatic heterocycles. The molecule has 1 heterocycles. The largest absolute Gasteiger partial charge is 0.486 e. The highest BCUT2D eigenvalue weighted by Gasteiger charge is 2.20. The number of amides is 1. The van der Waals surface area contributed by atoms with Gasteiger partial charge in [0.2, 0.25) is 0 Å². The average molecular weight is 452 g/mol. The predicted molar refractivity (Wildman–Crippen MR) is 119 cm³/mol. The van der Waals surface area contributed by atoms with Crippen LogP contribution >= 0.6 is 0 Å². The SMILES string of the molecule is CC(=O)c1ccc(S(=O)(=O)Nc2ccccc2C(=O)Nc2ccc3c(c2)OCCO3)cc1. The summed E-state index contributed by atoms with van der Waals surface area (Å²) in [6.45, 7) is 2.28. The number of carbonyl (C=O) groups is 2. The lowest BCUT2D eigenvalue weighted by Crippen LogP contribution is -2.19. The molecule has 0 bridgehead atoms. The Morgan fingerprint density at radius 1 is 0.875 bits per heavy atom. The zero-order valence-electron chi connectivity index (χ0n) is 17.1. The minimum absolute atomic E-state index is 0.0236. The van der Waals surface area contributed by atoms with E-state index in [0.717, 1.165) is 0 Å². The third-order valence-electron chi connectivity index (χ3n) is 4.79. The number of para-hydroxylation sites is 1. The first-order chi connectivity index (χ1) is 15.3. The summed E-state index contributed by atoms with van der Waals surface area (Å²) in [7, 11) is -3.97. The third kappa shape index (κ3) is 4.57. The van der Waals surface area contributed by atoms with E-state index < -0.39 is 15.9 Å². The van der Waals surface area contributed by atoms with Crippen molar-refractivity contribution < 1.29 is 27.5 Å². The van der Waals surface area contributed by atoms with Crippen molar-refractivity contribution in [3.63, 3.8) is 0 Å². The van der Waals surface area contributed by atoms with Crippen LogP contribution in [0.15, 0.2) is 71.6 Å². The predicted octanol–water partition coefficient (Wildman–Crippen LogP) is 3.71. The summed E-state index contributed by atoms with van der Waals surface area (Å²) in [5, 5.41) is 2.75. The maximum absolute atomic E-state index is 12.9. The number of hydrogen-bond donors (Lipinski definition) is 2. The van der Waals surface area contributed by atoms with Gasteiger partial charge in [-0.2, -0.15) is 0 Å². The summed E-state index contributed by atoms with van der Waals surface area (Å²) in [6.07, 6.45) is 0. The molecule has 0 fully saturated rings. The number of hydrogen-bond acceptors (Lipinski definition) is 6. The standard InChI is InChI=1S/C23H20N2O6S/c1-15(26)16-6-9-18(10-7-16)32(28,29)25-20-5-3-2-4-19(20)23(27)24-17-8-11-21-22(14-17)31-13-12-30-21/h2-11,14,25H,12-13H2,1H3,(H,24,27). The van der Waals surface area contributed by atoms with Crippen molar-refractivity contribution in [2.24, 2.45) is 0 Å². The molecule has 2 N–H and O–H groups in total. The highest BCUT2D eigenvalue weighted by Crippen LogP contribution is 2.33. The Hall–Kier alpha value is -3.85. The van der Waals surface area contributed by atoms with Gasteiger partial charge in [-0.15, -0.1) is 0 Å². The Kier molecular flexibility index (Phi) is 5.83. The molecule has 4 rings (SSSR count). The third-order valence-corrected chi connectivity index (χ3v) is 6.17. The number of nitrogens with one attached hydrogen (secondary N) is 2. The molecule has 0 saturated carbocycles. The van der Waals surface area contributed by atoms with Crippen LogP contribution in [0.2, 0.25) is 0 Å². The van der Waals surface area contributed by atoms with E-state index in [1.165, 1.54) is 43.3 Å². The zero-order chi connectivity index (χ0) is 22.7. The van der Waals surface area contributed by atoms with Gasteiger partial charge in [0.1, 0.15) is 13.2 Å². The van der Waals surface area contributed by atoms with Gasteiger partial charge in [-0.05, 0) is 43.3 Å². The van der Waals surface area contributed by atoms with Gasteiger partial charge < -0.3 is 14.8 Å². The number of rotatable bonds is 6. The molecule has 164 valence electrons. The van der Waals surface area contributed by atoms with E-state index >= 15 is 0 Å². The average Bonchev–Trinajstić information content (AvgIpc) is 2.79. The Bertz CT molecular complexity index is 1290. The molecule has 1 aliphatic rings. The van der Waals surface area contributed by atoms with Crippen LogP contribution in [-0.2, 0) is 10.0 Å². The van der Waals surface area contributed by atoms with Gasteiger partial charge in [-0.3, -0.25) is 14.3 Å². The molecule has 3 aromatic rings. The van der Waals surface area contributed by atoms with Crippen LogP contribution in [0, 0.1) is 0 Å². The molecule has 9 heteroatoms. The maximum Gasteiger partial charge on any atom is 0.261 e. The van der Waals surface area contributed by atoms with Gasteiger partial charge in [-0.25, -0.2) is 8.42 Å². The van der Waals surface area contributed by atoms with E-state index in [2.05, 4.69) is 10.0 Å². The number of fused-ring (bicyclic) bond motifs is 1. The molecule has 0 saturated heterocycles. The Morgan fingerprint density at radius 3 is 2.28 bits per heavy atom. The molecule has 0 atom stereocenters. The van der Waals surface area contributed by atoms with E-state index in [1.54, 1.807) is 30.3 Å². The van der Waals surface area contributed by atoms with Crippen molar-refractivity contribution in [2.45, 2.75) is 11.8 Å². The molecule has 1 aliphatic heterocycles. The fraction of sp³-hybridized carbons (Fsp3) is 0.130. The molecule has 3 aromatic carbocycles. The van der Waals surface area contributed by atoms with Crippen LogP contribution in [0.25, 0.3) is 0 Å². The highest BCUT2D eigenvalue weighted by molar-refractivity contribution is 7.92. The lowest BCUT2D eigenvalue weighted by molar-refractivity contribution is 0.101. The second-order valence-electron chi connectivity index (χ2n) is 7.04. The maximum atomic E-state index is 12.9. The number of sulfonamides is 1. The molecule has 32 heavy (non-hydrogen) atoms.